The molecule has 1 aromatic carbocycles. The Hall–Kier alpha value is -2.64. The van der Waals surface area contributed by atoms with Gasteiger partial charge in [0.15, 0.2) is 5.82 Å². The van der Waals surface area contributed by atoms with Gasteiger partial charge in [-0.05, 0) is 18.2 Å². The maximum absolute atomic E-state index is 5.95. The largest absolute Gasteiger partial charge is 0.383 e. The second-order valence-electron chi connectivity index (χ2n) is 4.05. The highest BCUT2D eigenvalue weighted by atomic mass is 35.5. The summed E-state index contributed by atoms with van der Waals surface area (Å²) >= 11 is 0. The smallest absolute Gasteiger partial charge is 0.162 e. The van der Waals surface area contributed by atoms with Crippen molar-refractivity contribution in [1.82, 2.24) is 15.0 Å². The van der Waals surface area contributed by atoms with Gasteiger partial charge >= 0.3 is 0 Å². The zero-order valence-corrected chi connectivity index (χ0v) is 11.3. The Morgan fingerprint density at radius 1 is 1.15 bits per heavy atom. The van der Waals surface area contributed by atoms with Gasteiger partial charge in [0, 0.05) is 22.7 Å². The molecule has 0 spiro atoms. The minimum atomic E-state index is 0. The number of nitrogens with zero attached hydrogens (tertiary/aromatic N) is 3. The van der Waals surface area contributed by atoms with E-state index in [2.05, 4.69) is 20.9 Å². The summed E-state index contributed by atoms with van der Waals surface area (Å²) < 4.78 is 0. The average molecular weight is 283 g/mol. The molecule has 0 aliphatic carbocycles. The molecule has 0 saturated carbocycles. The highest BCUT2D eigenvalue weighted by molar-refractivity contribution is 5.88. The summed E-state index contributed by atoms with van der Waals surface area (Å²) in [4.78, 5) is 12.8. The molecule has 0 bridgehead atoms. The Labute approximate surface area is 122 Å². The number of fused-ring (bicyclic) bond motifs is 1. The first kappa shape index (κ1) is 13.8. The summed E-state index contributed by atoms with van der Waals surface area (Å²) in [6.07, 6.45) is 8.73. The predicted octanol–water partition coefficient (Wildman–Crippen LogP) is 2.68. The molecular weight excluding hydrogens is 272 g/mol. The van der Waals surface area contributed by atoms with Gasteiger partial charge in [0.25, 0.3) is 0 Å². The first-order chi connectivity index (χ1) is 9.28. The van der Waals surface area contributed by atoms with Crippen molar-refractivity contribution in [2.45, 2.75) is 0 Å². The average Bonchev–Trinajstić information content (AvgIpc) is 2.47. The van der Waals surface area contributed by atoms with Crippen LogP contribution in [0.2, 0.25) is 0 Å². The number of pyridine rings is 1. The molecule has 0 fully saturated rings. The molecule has 0 radical (unpaired) electrons. The first-order valence-electron chi connectivity index (χ1n) is 5.72. The summed E-state index contributed by atoms with van der Waals surface area (Å²) in [7, 11) is 0. The van der Waals surface area contributed by atoms with Crippen molar-refractivity contribution in [3.05, 3.63) is 48.3 Å². The zero-order chi connectivity index (χ0) is 13.2. The standard InChI is InChI=1S/C15H10N4.ClH/c1-2-10-4-3-5-11(8-10)15-18-13-9-17-7-6-12(13)14(16)19-15;/h1,3-9H,(H2,16,18,19);1H. The molecule has 0 aliphatic rings. The topological polar surface area (TPSA) is 64.7 Å². The quantitative estimate of drug-likeness (QED) is 0.697. The summed E-state index contributed by atoms with van der Waals surface area (Å²) in [6.45, 7) is 0. The number of rotatable bonds is 1. The summed E-state index contributed by atoms with van der Waals surface area (Å²) in [5, 5.41) is 0.798. The molecule has 3 rings (SSSR count). The Morgan fingerprint density at radius 3 is 2.80 bits per heavy atom. The van der Waals surface area contributed by atoms with Crippen molar-refractivity contribution in [1.29, 1.82) is 0 Å². The van der Waals surface area contributed by atoms with Crippen LogP contribution in [-0.2, 0) is 0 Å². The predicted molar refractivity (Wildman–Crippen MR) is 82.4 cm³/mol. The maximum atomic E-state index is 5.95. The fraction of sp³-hybridized carbons (Fsp3) is 0. The van der Waals surface area contributed by atoms with Gasteiger partial charge in [0.1, 0.15) is 5.82 Å². The molecule has 0 unspecified atom stereocenters. The Bertz CT molecular complexity index is 808. The van der Waals surface area contributed by atoms with Crippen LogP contribution in [0.15, 0.2) is 42.7 Å². The lowest BCUT2D eigenvalue weighted by molar-refractivity contribution is 1.21. The molecule has 4 nitrogen and oxygen atoms in total. The SMILES string of the molecule is C#Cc1cccc(-c2nc(N)c3ccncc3n2)c1.Cl. The van der Waals surface area contributed by atoms with Crippen LogP contribution in [0.5, 0.6) is 0 Å². The lowest BCUT2D eigenvalue weighted by Crippen LogP contribution is -1.98. The van der Waals surface area contributed by atoms with Gasteiger partial charge in [0.05, 0.1) is 11.7 Å². The molecule has 0 saturated heterocycles. The van der Waals surface area contributed by atoms with Crippen LogP contribution in [0, 0.1) is 12.3 Å². The van der Waals surface area contributed by atoms with Gasteiger partial charge in [-0.2, -0.15) is 0 Å². The van der Waals surface area contributed by atoms with Crippen LogP contribution in [0.3, 0.4) is 0 Å². The second-order valence-corrected chi connectivity index (χ2v) is 4.05. The highest BCUT2D eigenvalue weighted by Crippen LogP contribution is 2.22. The van der Waals surface area contributed by atoms with E-state index in [9.17, 15) is 0 Å². The molecule has 0 aliphatic heterocycles. The third kappa shape index (κ3) is 2.40. The Kier molecular flexibility index (Phi) is 3.83. The van der Waals surface area contributed by atoms with Crippen LogP contribution in [0.1, 0.15) is 5.56 Å². The second kappa shape index (κ2) is 5.55. The van der Waals surface area contributed by atoms with Crippen LogP contribution in [-0.4, -0.2) is 15.0 Å². The lowest BCUT2D eigenvalue weighted by atomic mass is 10.1. The molecule has 2 aromatic heterocycles. The van der Waals surface area contributed by atoms with Crippen molar-refractivity contribution in [2.75, 3.05) is 5.73 Å². The molecule has 2 heterocycles. The van der Waals surface area contributed by atoms with E-state index in [1.165, 1.54) is 0 Å². The van der Waals surface area contributed by atoms with E-state index in [1.807, 2.05) is 24.3 Å². The number of nitrogens with two attached hydrogens (primary N) is 1. The van der Waals surface area contributed by atoms with Crippen LogP contribution in [0.25, 0.3) is 22.3 Å². The number of anilines is 1. The number of aromatic nitrogens is 3. The Morgan fingerprint density at radius 2 is 2.00 bits per heavy atom. The fourth-order valence-corrected chi connectivity index (χ4v) is 1.88. The van der Waals surface area contributed by atoms with Gasteiger partial charge < -0.3 is 5.73 Å². The third-order valence-corrected chi connectivity index (χ3v) is 2.82. The van der Waals surface area contributed by atoms with Crippen molar-refractivity contribution >= 4 is 29.1 Å². The van der Waals surface area contributed by atoms with E-state index in [1.54, 1.807) is 18.5 Å². The van der Waals surface area contributed by atoms with Gasteiger partial charge in [-0.15, -0.1) is 18.8 Å². The maximum Gasteiger partial charge on any atom is 0.162 e. The highest BCUT2D eigenvalue weighted by Gasteiger charge is 2.07. The number of terminal acetylenes is 1. The number of hydrogen-bond donors (Lipinski definition) is 1. The van der Waals surface area contributed by atoms with Crippen molar-refractivity contribution in [2.24, 2.45) is 0 Å². The van der Waals surface area contributed by atoms with E-state index in [0.29, 0.717) is 11.6 Å². The molecule has 2 N–H and O–H groups in total. The van der Waals surface area contributed by atoms with E-state index < -0.39 is 0 Å². The Balaban J connectivity index is 0.00000147. The minimum Gasteiger partial charge on any atom is -0.383 e. The summed E-state index contributed by atoms with van der Waals surface area (Å²) in [5.74, 6) is 3.58. The minimum absolute atomic E-state index is 0. The van der Waals surface area contributed by atoms with E-state index >= 15 is 0 Å². The van der Waals surface area contributed by atoms with Gasteiger partial charge in [-0.3, -0.25) is 4.98 Å². The van der Waals surface area contributed by atoms with Gasteiger partial charge in [0.2, 0.25) is 0 Å². The van der Waals surface area contributed by atoms with Crippen LogP contribution >= 0.6 is 12.4 Å². The summed E-state index contributed by atoms with van der Waals surface area (Å²) in [5.41, 5.74) is 8.29. The van der Waals surface area contributed by atoms with Gasteiger partial charge in [-0.25, -0.2) is 9.97 Å². The number of benzene rings is 1. The van der Waals surface area contributed by atoms with Crippen molar-refractivity contribution in [3.63, 3.8) is 0 Å². The molecule has 98 valence electrons. The zero-order valence-electron chi connectivity index (χ0n) is 10.4. The molecule has 5 heteroatoms. The number of hydrogen-bond acceptors (Lipinski definition) is 4. The first-order valence-corrected chi connectivity index (χ1v) is 5.72. The number of nitrogen functional groups attached to an aromatic ring is 1. The van der Waals surface area contributed by atoms with Gasteiger partial charge in [-0.1, -0.05) is 18.1 Å². The van der Waals surface area contributed by atoms with Crippen molar-refractivity contribution < 1.29 is 0 Å². The van der Waals surface area contributed by atoms with E-state index in [4.69, 9.17) is 12.2 Å². The molecular formula is C15H11ClN4. The molecule has 0 atom stereocenters. The summed E-state index contributed by atoms with van der Waals surface area (Å²) in [6, 6.07) is 9.29. The lowest BCUT2D eigenvalue weighted by Gasteiger charge is -2.05. The monoisotopic (exact) mass is 282 g/mol. The number of halogens is 1. The molecule has 20 heavy (non-hydrogen) atoms. The van der Waals surface area contributed by atoms with E-state index in [-0.39, 0.29) is 12.4 Å². The fourth-order valence-electron chi connectivity index (χ4n) is 1.88. The van der Waals surface area contributed by atoms with E-state index in [0.717, 1.165) is 22.0 Å². The molecule has 0 amide bonds. The van der Waals surface area contributed by atoms with Crippen LogP contribution in [0.4, 0.5) is 5.82 Å². The van der Waals surface area contributed by atoms with Crippen LogP contribution < -0.4 is 5.73 Å². The molecule has 3 aromatic rings. The normalized spacial score (nSPS) is 9.75. The third-order valence-electron chi connectivity index (χ3n) is 2.82. The van der Waals surface area contributed by atoms with Crippen molar-refractivity contribution in [3.8, 4) is 23.7 Å².